The van der Waals surface area contributed by atoms with E-state index in [1.54, 1.807) is 26.1 Å². The average molecular weight is 400 g/mol. The summed E-state index contributed by atoms with van der Waals surface area (Å²) in [4.78, 5) is 17.2. The van der Waals surface area contributed by atoms with E-state index in [1.807, 2.05) is 61.5 Å². The van der Waals surface area contributed by atoms with Crippen molar-refractivity contribution in [3.05, 3.63) is 78.0 Å². The third-order valence-electron chi connectivity index (χ3n) is 4.97. The standard InChI is InChI=1S/C25H24N2O3/c1-16-11-18(13-19(12-16)24(29)27-25(2,3)15-28)22-14-21-23(30-22)20(9-10-26-21)17-7-5-4-6-8-17/h4-14,28H,15H2,1-3H3,(H,27,29). The topological polar surface area (TPSA) is 75.4 Å². The molecule has 0 aliphatic heterocycles. The van der Waals surface area contributed by atoms with Crippen LogP contribution in [0.4, 0.5) is 0 Å². The van der Waals surface area contributed by atoms with Crippen molar-refractivity contribution < 1.29 is 14.3 Å². The Balaban J connectivity index is 1.76. The van der Waals surface area contributed by atoms with Gasteiger partial charge in [-0.25, -0.2) is 0 Å². The van der Waals surface area contributed by atoms with E-state index in [2.05, 4.69) is 10.3 Å². The summed E-state index contributed by atoms with van der Waals surface area (Å²) in [6.07, 6.45) is 1.77. The number of hydrogen-bond acceptors (Lipinski definition) is 4. The number of benzene rings is 2. The molecule has 4 aromatic rings. The predicted octanol–water partition coefficient (Wildman–Crippen LogP) is 4.97. The molecular weight excluding hydrogens is 376 g/mol. The summed E-state index contributed by atoms with van der Waals surface area (Å²) >= 11 is 0. The van der Waals surface area contributed by atoms with Crippen LogP contribution in [0, 0.1) is 6.92 Å². The fraction of sp³-hybridized carbons (Fsp3) is 0.200. The van der Waals surface area contributed by atoms with Crippen molar-refractivity contribution in [3.8, 4) is 22.5 Å². The Kier molecular flexibility index (Phi) is 5.14. The van der Waals surface area contributed by atoms with Gasteiger partial charge in [0, 0.05) is 29.0 Å². The van der Waals surface area contributed by atoms with Gasteiger partial charge in [0.2, 0.25) is 0 Å². The van der Waals surface area contributed by atoms with Crippen LogP contribution in [0.15, 0.2) is 71.3 Å². The smallest absolute Gasteiger partial charge is 0.251 e. The first-order valence-electron chi connectivity index (χ1n) is 9.86. The quantitative estimate of drug-likeness (QED) is 0.496. The van der Waals surface area contributed by atoms with Gasteiger partial charge in [0.05, 0.1) is 12.1 Å². The third kappa shape index (κ3) is 3.98. The number of carbonyl (C=O) groups excluding carboxylic acids is 1. The first kappa shape index (κ1) is 19.9. The van der Waals surface area contributed by atoms with Crippen molar-refractivity contribution in [1.29, 1.82) is 0 Å². The lowest BCUT2D eigenvalue weighted by molar-refractivity contribution is 0.0869. The van der Waals surface area contributed by atoms with Crippen molar-refractivity contribution in [2.45, 2.75) is 26.3 Å². The fourth-order valence-corrected chi connectivity index (χ4v) is 3.40. The Morgan fingerprint density at radius 1 is 1.07 bits per heavy atom. The van der Waals surface area contributed by atoms with Gasteiger partial charge in [-0.15, -0.1) is 0 Å². The maximum Gasteiger partial charge on any atom is 0.251 e. The molecule has 0 bridgehead atoms. The van der Waals surface area contributed by atoms with Gasteiger partial charge < -0.3 is 14.8 Å². The number of rotatable bonds is 5. The van der Waals surface area contributed by atoms with Crippen LogP contribution >= 0.6 is 0 Å². The number of hydrogen-bond donors (Lipinski definition) is 2. The van der Waals surface area contributed by atoms with E-state index < -0.39 is 5.54 Å². The highest BCUT2D eigenvalue weighted by Crippen LogP contribution is 2.34. The Labute approximate surface area is 175 Å². The maximum absolute atomic E-state index is 12.7. The summed E-state index contributed by atoms with van der Waals surface area (Å²) < 4.78 is 6.22. The van der Waals surface area contributed by atoms with Crippen LogP contribution in [0.5, 0.6) is 0 Å². The van der Waals surface area contributed by atoms with E-state index in [0.29, 0.717) is 16.9 Å². The molecule has 0 aliphatic rings. The number of aliphatic hydroxyl groups excluding tert-OH is 1. The molecule has 2 aromatic heterocycles. The number of pyridine rings is 1. The molecule has 2 N–H and O–H groups in total. The number of carbonyl (C=O) groups is 1. The molecule has 4 rings (SSSR count). The van der Waals surface area contributed by atoms with E-state index in [9.17, 15) is 9.90 Å². The number of furan rings is 1. The van der Waals surface area contributed by atoms with E-state index in [-0.39, 0.29) is 12.5 Å². The molecule has 30 heavy (non-hydrogen) atoms. The first-order valence-corrected chi connectivity index (χ1v) is 9.86. The SMILES string of the molecule is Cc1cc(C(=O)NC(C)(C)CO)cc(-c2cc3nccc(-c4ccccc4)c3o2)c1. The Bertz CT molecular complexity index is 1210. The van der Waals surface area contributed by atoms with Gasteiger partial charge in [-0.1, -0.05) is 30.3 Å². The molecule has 0 spiro atoms. The molecule has 0 aliphatic carbocycles. The minimum atomic E-state index is -0.700. The first-order chi connectivity index (χ1) is 14.4. The lowest BCUT2D eigenvalue weighted by atomic mass is 10.0. The summed E-state index contributed by atoms with van der Waals surface area (Å²) in [6.45, 7) is 5.35. The van der Waals surface area contributed by atoms with E-state index in [1.165, 1.54) is 0 Å². The van der Waals surface area contributed by atoms with Gasteiger partial charge in [0.25, 0.3) is 5.91 Å². The normalized spacial score (nSPS) is 11.6. The average Bonchev–Trinajstić information content (AvgIpc) is 3.18. The van der Waals surface area contributed by atoms with Crippen molar-refractivity contribution >= 4 is 17.0 Å². The molecule has 1 amide bonds. The second kappa shape index (κ2) is 7.76. The van der Waals surface area contributed by atoms with Crippen LogP contribution < -0.4 is 5.32 Å². The highest BCUT2D eigenvalue weighted by Gasteiger charge is 2.21. The summed E-state index contributed by atoms with van der Waals surface area (Å²) in [7, 11) is 0. The minimum Gasteiger partial charge on any atom is -0.454 e. The van der Waals surface area contributed by atoms with Gasteiger partial charge in [-0.2, -0.15) is 0 Å². The number of aromatic nitrogens is 1. The molecule has 0 unspecified atom stereocenters. The van der Waals surface area contributed by atoms with Crippen molar-refractivity contribution in [2.24, 2.45) is 0 Å². The van der Waals surface area contributed by atoms with Crippen molar-refractivity contribution in [1.82, 2.24) is 10.3 Å². The summed E-state index contributed by atoms with van der Waals surface area (Å²) in [6, 6.07) is 19.5. The van der Waals surface area contributed by atoms with E-state index in [0.717, 1.165) is 27.8 Å². The van der Waals surface area contributed by atoms with Crippen LogP contribution in [-0.2, 0) is 0 Å². The molecule has 0 saturated heterocycles. The van der Waals surface area contributed by atoms with Crippen molar-refractivity contribution in [3.63, 3.8) is 0 Å². The maximum atomic E-state index is 12.7. The number of nitrogens with zero attached hydrogens (tertiary/aromatic N) is 1. The Morgan fingerprint density at radius 2 is 1.83 bits per heavy atom. The molecule has 0 saturated carbocycles. The van der Waals surface area contributed by atoms with Gasteiger partial charge in [-0.3, -0.25) is 9.78 Å². The second-order valence-corrected chi connectivity index (χ2v) is 8.13. The molecule has 2 heterocycles. The lowest BCUT2D eigenvalue weighted by Crippen LogP contribution is -2.46. The molecular formula is C25H24N2O3. The summed E-state index contributed by atoms with van der Waals surface area (Å²) in [5.41, 5.74) is 5.07. The van der Waals surface area contributed by atoms with Crippen LogP contribution in [-0.4, -0.2) is 28.1 Å². The number of amides is 1. The minimum absolute atomic E-state index is 0.144. The van der Waals surface area contributed by atoms with Crippen LogP contribution in [0.25, 0.3) is 33.6 Å². The molecule has 2 aromatic carbocycles. The molecule has 0 atom stereocenters. The zero-order chi connectivity index (χ0) is 21.3. The van der Waals surface area contributed by atoms with Crippen LogP contribution in [0.2, 0.25) is 0 Å². The van der Waals surface area contributed by atoms with Gasteiger partial charge in [0.15, 0.2) is 5.58 Å². The third-order valence-corrected chi connectivity index (χ3v) is 4.97. The monoisotopic (exact) mass is 400 g/mol. The molecule has 0 fully saturated rings. The molecule has 0 radical (unpaired) electrons. The van der Waals surface area contributed by atoms with Gasteiger partial charge in [0.1, 0.15) is 11.3 Å². The zero-order valence-corrected chi connectivity index (χ0v) is 17.3. The van der Waals surface area contributed by atoms with Crippen molar-refractivity contribution in [2.75, 3.05) is 6.61 Å². The number of aliphatic hydroxyl groups is 1. The summed E-state index contributed by atoms with van der Waals surface area (Å²) in [5.74, 6) is 0.415. The highest BCUT2D eigenvalue weighted by atomic mass is 16.3. The number of nitrogens with one attached hydrogen (secondary N) is 1. The Hall–Kier alpha value is -3.44. The van der Waals surface area contributed by atoms with Crippen LogP contribution in [0.1, 0.15) is 29.8 Å². The second-order valence-electron chi connectivity index (χ2n) is 8.13. The largest absolute Gasteiger partial charge is 0.454 e. The predicted molar refractivity (Wildman–Crippen MR) is 118 cm³/mol. The fourth-order valence-electron chi connectivity index (χ4n) is 3.40. The van der Waals surface area contributed by atoms with Gasteiger partial charge in [-0.05, 0) is 56.2 Å². The Morgan fingerprint density at radius 3 is 2.57 bits per heavy atom. The molecule has 152 valence electrons. The molecule has 5 heteroatoms. The lowest BCUT2D eigenvalue weighted by Gasteiger charge is -2.23. The molecule has 5 nitrogen and oxygen atoms in total. The number of aryl methyl sites for hydroxylation is 1. The van der Waals surface area contributed by atoms with Gasteiger partial charge >= 0.3 is 0 Å². The highest BCUT2D eigenvalue weighted by molar-refractivity contribution is 5.97. The zero-order valence-electron chi connectivity index (χ0n) is 17.3. The number of fused-ring (bicyclic) bond motifs is 1. The van der Waals surface area contributed by atoms with E-state index in [4.69, 9.17) is 4.42 Å². The van der Waals surface area contributed by atoms with Crippen LogP contribution in [0.3, 0.4) is 0 Å². The van der Waals surface area contributed by atoms with E-state index >= 15 is 0 Å². The summed E-state index contributed by atoms with van der Waals surface area (Å²) in [5, 5.41) is 12.3.